The fraction of sp³-hybridized carbons (Fsp3) is 0.500. The second-order valence-corrected chi connectivity index (χ2v) is 8.13. The second-order valence-electron chi connectivity index (χ2n) is 7.10. The predicted molar refractivity (Wildman–Crippen MR) is 138 cm³/mol. The summed E-state index contributed by atoms with van der Waals surface area (Å²) >= 11 is 1.80. The molecule has 9 heteroatoms. The molecule has 2 heterocycles. The summed E-state index contributed by atoms with van der Waals surface area (Å²) in [4.78, 5) is 10.6. The van der Waals surface area contributed by atoms with Crippen molar-refractivity contribution in [3.05, 3.63) is 40.1 Å². The Hall–Kier alpha value is -1.72. The maximum absolute atomic E-state index is 5.48. The van der Waals surface area contributed by atoms with Crippen LogP contribution in [0.25, 0.3) is 0 Å². The molecule has 1 saturated heterocycles. The van der Waals surface area contributed by atoms with Gasteiger partial charge >= 0.3 is 0 Å². The highest BCUT2D eigenvalue weighted by molar-refractivity contribution is 14.0. The van der Waals surface area contributed by atoms with Crippen molar-refractivity contribution in [2.45, 2.75) is 13.0 Å². The van der Waals surface area contributed by atoms with Crippen molar-refractivity contribution in [2.75, 3.05) is 61.1 Å². The molecular weight excluding hydrogens is 527 g/mol. The molecule has 0 spiro atoms. The first kappa shape index (κ1) is 25.5. The largest absolute Gasteiger partial charge is 0.493 e. The molecule has 1 N–H and O–H groups in total. The topological polar surface area (TPSA) is 58.6 Å². The number of guanidine groups is 1. The van der Waals surface area contributed by atoms with Crippen molar-refractivity contribution in [2.24, 2.45) is 4.99 Å². The van der Waals surface area contributed by atoms with E-state index >= 15 is 0 Å². The minimum Gasteiger partial charge on any atom is -0.493 e. The third-order valence-electron chi connectivity index (χ3n) is 5.25. The normalized spacial score (nSPS) is 14.7. The van der Waals surface area contributed by atoms with Crippen LogP contribution in [0, 0.1) is 0 Å². The number of hydrogen-bond acceptors (Lipinski definition) is 6. The predicted octanol–water partition coefficient (Wildman–Crippen LogP) is 3.33. The van der Waals surface area contributed by atoms with Crippen molar-refractivity contribution in [3.63, 3.8) is 0 Å². The Labute approximate surface area is 206 Å². The van der Waals surface area contributed by atoms with E-state index in [4.69, 9.17) is 14.2 Å². The van der Waals surface area contributed by atoms with Gasteiger partial charge < -0.3 is 24.4 Å². The van der Waals surface area contributed by atoms with Crippen LogP contribution in [0.5, 0.6) is 17.2 Å². The van der Waals surface area contributed by atoms with E-state index in [0.717, 1.165) is 57.2 Å². The summed E-state index contributed by atoms with van der Waals surface area (Å²) in [5.74, 6) is 3.01. The van der Waals surface area contributed by atoms with Crippen LogP contribution >= 0.6 is 35.3 Å². The molecule has 1 aliphatic heterocycles. The van der Waals surface area contributed by atoms with Crippen molar-refractivity contribution in [1.82, 2.24) is 15.1 Å². The Morgan fingerprint density at radius 3 is 2.26 bits per heavy atom. The maximum atomic E-state index is 5.48. The summed E-state index contributed by atoms with van der Waals surface area (Å²) in [6.07, 6.45) is 1.03. The minimum atomic E-state index is 0. The zero-order chi connectivity index (χ0) is 21.3. The molecule has 0 atom stereocenters. The number of nitrogens with zero attached hydrogens (tertiary/aromatic N) is 3. The highest BCUT2D eigenvalue weighted by Crippen LogP contribution is 2.38. The third-order valence-corrected chi connectivity index (χ3v) is 6.19. The van der Waals surface area contributed by atoms with Gasteiger partial charge in [-0.1, -0.05) is 6.07 Å². The van der Waals surface area contributed by atoms with Crippen LogP contribution in [0.4, 0.5) is 0 Å². The fourth-order valence-corrected chi connectivity index (χ4v) is 4.40. The van der Waals surface area contributed by atoms with Crippen molar-refractivity contribution >= 4 is 41.3 Å². The standard InChI is InChI=1S/C22H32N4O3S.HI/c1-23-22(24-8-7-18-6-5-13-30-18)26-11-9-25(10-12-26)16-17-14-19(27-2)21(29-4)20(15-17)28-3;/h5-6,13-15H,7-12,16H2,1-4H3,(H,23,24);1H. The number of aliphatic imine (C=N–C) groups is 1. The molecular formula is C22H33IN4O3S. The smallest absolute Gasteiger partial charge is 0.203 e. The van der Waals surface area contributed by atoms with Crippen LogP contribution in [0.3, 0.4) is 0 Å². The number of methoxy groups -OCH3 is 3. The molecule has 0 amide bonds. The van der Waals surface area contributed by atoms with Crippen LogP contribution in [0.1, 0.15) is 10.4 Å². The summed E-state index contributed by atoms with van der Waals surface area (Å²) in [5, 5.41) is 5.62. The molecule has 1 aromatic carbocycles. The van der Waals surface area contributed by atoms with Gasteiger partial charge in [-0.25, -0.2) is 0 Å². The molecule has 172 valence electrons. The van der Waals surface area contributed by atoms with Crippen molar-refractivity contribution in [3.8, 4) is 17.2 Å². The average Bonchev–Trinajstić information content (AvgIpc) is 3.30. The van der Waals surface area contributed by atoms with E-state index in [2.05, 4.69) is 37.6 Å². The zero-order valence-corrected chi connectivity index (χ0v) is 21.9. The lowest BCUT2D eigenvalue weighted by atomic mass is 10.1. The van der Waals surface area contributed by atoms with Gasteiger partial charge in [-0.2, -0.15) is 0 Å². The lowest BCUT2D eigenvalue weighted by Gasteiger charge is -2.36. The quantitative estimate of drug-likeness (QED) is 0.304. The number of hydrogen-bond donors (Lipinski definition) is 1. The fourth-order valence-electron chi connectivity index (χ4n) is 3.69. The van der Waals surface area contributed by atoms with Gasteiger partial charge in [-0.05, 0) is 35.6 Å². The van der Waals surface area contributed by atoms with Crippen molar-refractivity contribution < 1.29 is 14.2 Å². The Morgan fingerprint density at radius 2 is 1.74 bits per heavy atom. The summed E-state index contributed by atoms with van der Waals surface area (Å²) in [7, 11) is 6.78. The van der Waals surface area contributed by atoms with E-state index < -0.39 is 0 Å². The van der Waals surface area contributed by atoms with E-state index in [0.29, 0.717) is 17.2 Å². The SMILES string of the molecule is CN=C(NCCc1cccs1)N1CCN(Cc2cc(OC)c(OC)c(OC)c2)CC1.I. The van der Waals surface area contributed by atoms with Gasteiger partial charge in [-0.3, -0.25) is 9.89 Å². The molecule has 0 bridgehead atoms. The molecule has 1 fully saturated rings. The van der Waals surface area contributed by atoms with Crippen LogP contribution in [0.2, 0.25) is 0 Å². The number of nitrogens with one attached hydrogen (secondary N) is 1. The van der Waals surface area contributed by atoms with Gasteiger partial charge in [0.05, 0.1) is 21.3 Å². The van der Waals surface area contributed by atoms with Crippen LogP contribution in [-0.2, 0) is 13.0 Å². The Morgan fingerprint density at radius 1 is 1.06 bits per heavy atom. The lowest BCUT2D eigenvalue weighted by Crippen LogP contribution is -2.52. The van der Waals surface area contributed by atoms with E-state index in [1.807, 2.05) is 19.2 Å². The number of benzene rings is 1. The molecule has 1 aliphatic rings. The number of rotatable bonds is 8. The van der Waals surface area contributed by atoms with Gasteiger partial charge in [0.2, 0.25) is 5.75 Å². The summed E-state index contributed by atoms with van der Waals surface area (Å²) < 4.78 is 16.4. The molecule has 0 aliphatic carbocycles. The zero-order valence-electron chi connectivity index (χ0n) is 18.7. The number of halogens is 1. The lowest BCUT2D eigenvalue weighted by molar-refractivity contribution is 0.172. The molecule has 31 heavy (non-hydrogen) atoms. The first-order chi connectivity index (χ1) is 14.7. The number of piperazine rings is 1. The first-order valence-corrected chi connectivity index (χ1v) is 11.1. The van der Waals surface area contributed by atoms with E-state index in [9.17, 15) is 0 Å². The molecule has 2 aromatic rings. The third kappa shape index (κ3) is 6.88. The van der Waals surface area contributed by atoms with Gasteiger partial charge in [0, 0.05) is 51.2 Å². The number of ether oxygens (including phenoxy) is 3. The summed E-state index contributed by atoms with van der Waals surface area (Å²) in [6.45, 7) is 5.59. The van der Waals surface area contributed by atoms with Gasteiger partial charge in [-0.15, -0.1) is 35.3 Å². The highest BCUT2D eigenvalue weighted by Gasteiger charge is 2.21. The molecule has 0 saturated carbocycles. The second kappa shape index (κ2) is 13.0. The molecule has 7 nitrogen and oxygen atoms in total. The van der Waals surface area contributed by atoms with Gasteiger partial charge in [0.15, 0.2) is 17.5 Å². The van der Waals surface area contributed by atoms with Crippen LogP contribution in [-0.4, -0.2) is 76.9 Å². The van der Waals surface area contributed by atoms with E-state index in [-0.39, 0.29) is 24.0 Å². The average molecular weight is 561 g/mol. The monoisotopic (exact) mass is 560 g/mol. The van der Waals surface area contributed by atoms with Gasteiger partial charge in [0.1, 0.15) is 0 Å². The Kier molecular flexibility index (Phi) is 10.7. The highest BCUT2D eigenvalue weighted by atomic mass is 127. The Bertz CT molecular complexity index is 799. The van der Waals surface area contributed by atoms with Crippen LogP contribution in [0.15, 0.2) is 34.6 Å². The molecule has 0 unspecified atom stereocenters. The Balaban J connectivity index is 0.00000341. The summed E-state index contributed by atoms with van der Waals surface area (Å²) in [5.41, 5.74) is 1.15. The molecule has 3 rings (SSSR count). The minimum absolute atomic E-state index is 0. The molecule has 0 radical (unpaired) electrons. The van der Waals surface area contributed by atoms with Crippen molar-refractivity contribution in [1.29, 1.82) is 0 Å². The first-order valence-electron chi connectivity index (χ1n) is 10.2. The van der Waals surface area contributed by atoms with E-state index in [1.54, 1.807) is 32.7 Å². The molecule has 1 aromatic heterocycles. The van der Waals surface area contributed by atoms with Gasteiger partial charge in [0.25, 0.3) is 0 Å². The maximum Gasteiger partial charge on any atom is 0.203 e. The number of thiophene rings is 1. The summed E-state index contributed by atoms with van der Waals surface area (Å²) in [6, 6.07) is 8.33. The van der Waals surface area contributed by atoms with Crippen LogP contribution < -0.4 is 19.5 Å². The van der Waals surface area contributed by atoms with E-state index in [1.165, 1.54) is 4.88 Å².